The number of hydrogen-bond donors (Lipinski definition) is 1. The minimum atomic E-state index is -0.800. The van der Waals surface area contributed by atoms with Gasteiger partial charge in [-0.2, -0.15) is 0 Å². The number of rotatable bonds is 7. The van der Waals surface area contributed by atoms with Gasteiger partial charge in [0.25, 0.3) is 0 Å². The van der Waals surface area contributed by atoms with E-state index < -0.39 is 11.9 Å². The average Bonchev–Trinajstić information content (AvgIpc) is 3.04. The van der Waals surface area contributed by atoms with Crippen molar-refractivity contribution in [2.75, 3.05) is 0 Å². The summed E-state index contributed by atoms with van der Waals surface area (Å²) in [5.74, 6) is -0.308. The van der Waals surface area contributed by atoms with Gasteiger partial charge in [0.2, 0.25) is 0 Å². The Morgan fingerprint density at radius 3 is 2.76 bits per heavy atom. The van der Waals surface area contributed by atoms with E-state index in [1.807, 2.05) is 19.9 Å². The predicted octanol–water partition coefficient (Wildman–Crippen LogP) is 2.71. The monoisotopic (exact) mass is 308 g/mol. The highest BCUT2D eigenvalue weighted by Crippen LogP contribution is 2.27. The highest BCUT2D eigenvalue weighted by atomic mass is 32.1. The van der Waals surface area contributed by atoms with Crippen molar-refractivity contribution in [3.8, 4) is 10.7 Å². The molecule has 2 aromatic heterocycles. The summed E-state index contributed by atoms with van der Waals surface area (Å²) in [5.41, 5.74) is 0. The molecular formula is C14H20N4O2S. The van der Waals surface area contributed by atoms with E-state index >= 15 is 0 Å². The molecule has 0 fully saturated rings. The topological polar surface area (TPSA) is 80.9 Å². The Morgan fingerprint density at radius 1 is 1.43 bits per heavy atom. The van der Waals surface area contributed by atoms with Gasteiger partial charge in [0.15, 0.2) is 5.82 Å². The standard InChI is InChI=1S/C14H20N4O2S/c1-4-11-5-6-12(21-11)13-15-16-17-18(13)8-10(14(19)20)7-9(2)3/h5-6,9-10H,4,7-8H2,1-3H3,(H,19,20). The summed E-state index contributed by atoms with van der Waals surface area (Å²) in [7, 11) is 0. The first-order valence-electron chi connectivity index (χ1n) is 7.09. The van der Waals surface area contributed by atoms with E-state index in [1.165, 1.54) is 4.88 Å². The first-order valence-corrected chi connectivity index (χ1v) is 7.91. The van der Waals surface area contributed by atoms with Crippen molar-refractivity contribution >= 4 is 17.3 Å². The fraction of sp³-hybridized carbons (Fsp3) is 0.571. The zero-order chi connectivity index (χ0) is 15.4. The maximum absolute atomic E-state index is 11.4. The van der Waals surface area contributed by atoms with Crippen LogP contribution in [0.15, 0.2) is 12.1 Å². The van der Waals surface area contributed by atoms with E-state index in [0.29, 0.717) is 24.7 Å². The number of thiophene rings is 1. The van der Waals surface area contributed by atoms with Gasteiger partial charge in [-0.3, -0.25) is 4.79 Å². The van der Waals surface area contributed by atoms with E-state index in [9.17, 15) is 9.90 Å². The van der Waals surface area contributed by atoms with Crippen LogP contribution in [0.25, 0.3) is 10.7 Å². The lowest BCUT2D eigenvalue weighted by Gasteiger charge is -2.14. The van der Waals surface area contributed by atoms with Crippen molar-refractivity contribution in [3.05, 3.63) is 17.0 Å². The van der Waals surface area contributed by atoms with Gasteiger partial charge in [0.1, 0.15) is 0 Å². The lowest BCUT2D eigenvalue weighted by Crippen LogP contribution is -2.23. The number of aryl methyl sites for hydroxylation is 1. The van der Waals surface area contributed by atoms with Crippen LogP contribution in [-0.2, 0) is 17.8 Å². The minimum absolute atomic E-state index is 0.301. The molecule has 7 heteroatoms. The minimum Gasteiger partial charge on any atom is -0.481 e. The van der Waals surface area contributed by atoms with E-state index in [2.05, 4.69) is 28.5 Å². The second-order valence-corrected chi connectivity index (χ2v) is 6.64. The Bertz CT molecular complexity index is 606. The van der Waals surface area contributed by atoms with Gasteiger partial charge in [-0.05, 0) is 41.3 Å². The van der Waals surface area contributed by atoms with Gasteiger partial charge in [0, 0.05) is 4.88 Å². The Balaban J connectivity index is 2.21. The number of carboxylic acids is 1. The second-order valence-electron chi connectivity index (χ2n) is 5.47. The molecule has 0 bridgehead atoms. The van der Waals surface area contributed by atoms with Crippen LogP contribution in [0.5, 0.6) is 0 Å². The number of aliphatic carboxylic acids is 1. The molecule has 114 valence electrons. The number of carboxylic acid groups (broad SMARTS) is 1. The van der Waals surface area contributed by atoms with Gasteiger partial charge in [0.05, 0.1) is 17.3 Å². The van der Waals surface area contributed by atoms with E-state index in [4.69, 9.17) is 0 Å². The molecule has 1 N–H and O–H groups in total. The third kappa shape index (κ3) is 3.87. The lowest BCUT2D eigenvalue weighted by atomic mass is 9.97. The maximum Gasteiger partial charge on any atom is 0.308 e. The first kappa shape index (κ1) is 15.6. The Labute approximate surface area is 127 Å². The molecule has 2 aromatic rings. The van der Waals surface area contributed by atoms with Crippen molar-refractivity contribution < 1.29 is 9.90 Å². The molecule has 0 aliphatic heterocycles. The molecule has 2 rings (SSSR count). The molecule has 1 unspecified atom stereocenters. The molecule has 0 radical (unpaired) electrons. The van der Waals surface area contributed by atoms with Crippen LogP contribution in [0, 0.1) is 11.8 Å². The summed E-state index contributed by atoms with van der Waals surface area (Å²) in [5, 5.41) is 21.0. The fourth-order valence-electron chi connectivity index (χ4n) is 2.22. The van der Waals surface area contributed by atoms with Crippen molar-refractivity contribution in [2.45, 2.75) is 40.2 Å². The van der Waals surface area contributed by atoms with Crippen molar-refractivity contribution in [3.63, 3.8) is 0 Å². The molecule has 0 spiro atoms. The highest BCUT2D eigenvalue weighted by molar-refractivity contribution is 7.15. The third-order valence-electron chi connectivity index (χ3n) is 3.26. The van der Waals surface area contributed by atoms with E-state index in [0.717, 1.165) is 11.3 Å². The zero-order valence-corrected chi connectivity index (χ0v) is 13.3. The summed E-state index contributed by atoms with van der Waals surface area (Å²) in [6.07, 6.45) is 1.58. The molecular weight excluding hydrogens is 288 g/mol. The smallest absolute Gasteiger partial charge is 0.308 e. The second kappa shape index (κ2) is 6.80. The zero-order valence-electron chi connectivity index (χ0n) is 12.5. The third-order valence-corrected chi connectivity index (χ3v) is 4.49. The number of carbonyl (C=O) groups is 1. The predicted molar refractivity (Wildman–Crippen MR) is 81.1 cm³/mol. The van der Waals surface area contributed by atoms with Crippen LogP contribution in [-0.4, -0.2) is 31.3 Å². The summed E-state index contributed by atoms with van der Waals surface area (Å²) in [4.78, 5) is 13.6. The van der Waals surface area contributed by atoms with Crippen LogP contribution in [0.1, 0.15) is 32.1 Å². The molecule has 0 aliphatic carbocycles. The molecule has 0 saturated carbocycles. The number of aromatic nitrogens is 4. The molecule has 0 aromatic carbocycles. The van der Waals surface area contributed by atoms with Gasteiger partial charge >= 0.3 is 5.97 Å². The van der Waals surface area contributed by atoms with E-state index in [1.54, 1.807) is 16.0 Å². The lowest BCUT2D eigenvalue weighted by molar-refractivity contribution is -0.142. The Hall–Kier alpha value is -1.76. The molecule has 0 aliphatic rings. The molecule has 2 heterocycles. The quantitative estimate of drug-likeness (QED) is 0.850. The van der Waals surface area contributed by atoms with Gasteiger partial charge in [-0.25, -0.2) is 4.68 Å². The summed E-state index contributed by atoms with van der Waals surface area (Å²) in [6.45, 7) is 6.43. The van der Waals surface area contributed by atoms with Gasteiger partial charge in [-0.1, -0.05) is 20.8 Å². The number of hydrogen-bond acceptors (Lipinski definition) is 5. The van der Waals surface area contributed by atoms with Crippen LogP contribution in [0.3, 0.4) is 0 Å². The van der Waals surface area contributed by atoms with Crippen LogP contribution >= 0.6 is 11.3 Å². The molecule has 6 nitrogen and oxygen atoms in total. The molecule has 0 amide bonds. The fourth-order valence-corrected chi connectivity index (χ4v) is 3.16. The largest absolute Gasteiger partial charge is 0.481 e. The van der Waals surface area contributed by atoms with Crippen molar-refractivity contribution in [2.24, 2.45) is 11.8 Å². The molecule has 21 heavy (non-hydrogen) atoms. The Morgan fingerprint density at radius 2 is 2.19 bits per heavy atom. The number of nitrogens with zero attached hydrogens (tertiary/aromatic N) is 4. The molecule has 0 saturated heterocycles. The summed E-state index contributed by atoms with van der Waals surface area (Å²) in [6, 6.07) is 4.05. The maximum atomic E-state index is 11.4. The average molecular weight is 308 g/mol. The first-order chi connectivity index (χ1) is 10.0. The van der Waals surface area contributed by atoms with Crippen LogP contribution < -0.4 is 0 Å². The van der Waals surface area contributed by atoms with Crippen LogP contribution in [0.2, 0.25) is 0 Å². The SMILES string of the molecule is CCc1ccc(-c2nnnn2CC(CC(C)C)C(=O)O)s1. The number of tetrazole rings is 1. The summed E-state index contributed by atoms with van der Waals surface area (Å²) >= 11 is 1.64. The van der Waals surface area contributed by atoms with Gasteiger partial charge in [-0.15, -0.1) is 16.4 Å². The van der Waals surface area contributed by atoms with Crippen molar-refractivity contribution in [1.82, 2.24) is 20.2 Å². The highest BCUT2D eigenvalue weighted by Gasteiger charge is 2.22. The van der Waals surface area contributed by atoms with Crippen LogP contribution in [0.4, 0.5) is 0 Å². The van der Waals surface area contributed by atoms with Crippen molar-refractivity contribution in [1.29, 1.82) is 0 Å². The van der Waals surface area contributed by atoms with E-state index in [-0.39, 0.29) is 0 Å². The normalized spacial score (nSPS) is 12.8. The summed E-state index contributed by atoms with van der Waals surface area (Å²) < 4.78 is 1.60. The molecule has 1 atom stereocenters. The van der Waals surface area contributed by atoms with Gasteiger partial charge < -0.3 is 5.11 Å². The Kier molecular flexibility index (Phi) is 5.06.